The quantitative estimate of drug-likeness (QED) is 0.508. The van der Waals surface area contributed by atoms with Crippen LogP contribution in [0, 0.1) is 10.2 Å². The van der Waals surface area contributed by atoms with Crippen LogP contribution in [0.3, 0.4) is 0 Å². The Kier molecular flexibility index (Phi) is 4.38. The van der Waals surface area contributed by atoms with Crippen molar-refractivity contribution in [1.82, 2.24) is 14.7 Å². The Balaban J connectivity index is 0.000000254. The maximum Gasteiger partial charge on any atom is 0.139 e. The van der Waals surface area contributed by atoms with Crippen molar-refractivity contribution in [2.75, 3.05) is 40.0 Å². The van der Waals surface area contributed by atoms with Gasteiger partial charge in [0.15, 0.2) is 0 Å². The lowest BCUT2D eigenvalue weighted by molar-refractivity contribution is -2.00. The van der Waals surface area contributed by atoms with Gasteiger partial charge in [-0.25, -0.2) is 33.3 Å². The van der Waals surface area contributed by atoms with Crippen LogP contribution in [0.5, 0.6) is 0 Å². The monoisotopic (exact) mass is 330 g/mol. The minimum absolute atomic E-state index is 1.17. The van der Waals surface area contributed by atoms with Crippen molar-refractivity contribution in [3.8, 4) is 0 Å². The number of hydrogen-bond acceptors (Lipinski definition) is 7. The topological polar surface area (TPSA) is 102 Å². The number of quaternary nitrogens is 1. The fourth-order valence-corrected chi connectivity index (χ4v) is 3.78. The van der Waals surface area contributed by atoms with Gasteiger partial charge in [0.05, 0.1) is 20.0 Å². The summed E-state index contributed by atoms with van der Waals surface area (Å²) in [6, 6.07) is 10.9. The highest BCUT2D eigenvalue weighted by atomic mass is 35.7. The van der Waals surface area contributed by atoms with E-state index in [-0.39, 0.29) is 0 Å². The van der Waals surface area contributed by atoms with Crippen LogP contribution in [0.2, 0.25) is 0 Å². The first kappa shape index (κ1) is 16.1. The van der Waals surface area contributed by atoms with E-state index < -0.39 is 10.2 Å². The average Bonchev–Trinajstić information content (AvgIpc) is 2.35. The standard InChI is InChI=1S/C13H19N4.ClHO4/c1-2-4-13(5-3-1)6-17-10-14-7-15(11-17)9-16(8-14)12-17;2-1(3,4)5/h1-5H,6-12H2;(H,2,3,4,5)/q+1;/p-1. The fourth-order valence-electron chi connectivity index (χ4n) is 3.78. The van der Waals surface area contributed by atoms with Gasteiger partial charge in [-0.05, 0) is 0 Å². The van der Waals surface area contributed by atoms with Crippen LogP contribution in [-0.4, -0.2) is 59.2 Å². The molecule has 8 nitrogen and oxygen atoms in total. The van der Waals surface area contributed by atoms with E-state index in [1.807, 2.05) is 0 Å². The maximum absolute atomic E-state index is 8.49. The molecule has 1 aromatic rings. The molecule has 5 rings (SSSR count). The van der Waals surface area contributed by atoms with Gasteiger partial charge in [-0.2, -0.15) is 0 Å². The first-order chi connectivity index (χ1) is 10.3. The van der Waals surface area contributed by atoms with Crippen molar-refractivity contribution in [2.24, 2.45) is 0 Å². The van der Waals surface area contributed by atoms with Gasteiger partial charge < -0.3 is 0 Å². The zero-order chi connectivity index (χ0) is 15.8. The maximum atomic E-state index is 8.49. The van der Waals surface area contributed by atoms with Gasteiger partial charge in [0.1, 0.15) is 26.6 Å². The molecule has 4 bridgehead atoms. The average molecular weight is 331 g/mol. The summed E-state index contributed by atoms with van der Waals surface area (Å²) < 4.78 is 35.2. The molecule has 0 atom stereocenters. The Hall–Kier alpha value is -0.810. The molecule has 0 saturated carbocycles. The summed E-state index contributed by atoms with van der Waals surface area (Å²) in [5, 5.41) is 0. The highest BCUT2D eigenvalue weighted by molar-refractivity contribution is 5.13. The third kappa shape index (κ3) is 4.13. The summed E-state index contributed by atoms with van der Waals surface area (Å²) in [6.45, 7) is 8.36. The Labute approximate surface area is 131 Å². The normalized spacial score (nSPS) is 35.9. The van der Waals surface area contributed by atoms with E-state index in [1.165, 1.54) is 56.6 Å². The van der Waals surface area contributed by atoms with Crippen LogP contribution in [-0.2, 0) is 6.54 Å². The second kappa shape index (κ2) is 6.00. The van der Waals surface area contributed by atoms with Crippen molar-refractivity contribution < 1.29 is 33.4 Å². The highest BCUT2D eigenvalue weighted by Crippen LogP contribution is 2.30. The van der Waals surface area contributed by atoms with E-state index in [1.54, 1.807) is 0 Å². The predicted molar refractivity (Wildman–Crippen MR) is 65.1 cm³/mol. The Morgan fingerprint density at radius 3 is 1.64 bits per heavy atom. The van der Waals surface area contributed by atoms with Gasteiger partial charge in [0.2, 0.25) is 0 Å². The van der Waals surface area contributed by atoms with E-state index in [0.717, 1.165) is 0 Å². The summed E-state index contributed by atoms with van der Waals surface area (Å²) in [5.74, 6) is 0. The molecule has 0 N–H and O–H groups in total. The molecule has 0 unspecified atom stereocenters. The van der Waals surface area contributed by atoms with Gasteiger partial charge >= 0.3 is 0 Å². The van der Waals surface area contributed by atoms with Gasteiger partial charge in [-0.1, -0.05) is 30.3 Å². The minimum atomic E-state index is -4.94. The molecule has 0 spiro atoms. The van der Waals surface area contributed by atoms with Crippen molar-refractivity contribution in [3.05, 3.63) is 35.9 Å². The van der Waals surface area contributed by atoms with Crippen molar-refractivity contribution in [3.63, 3.8) is 0 Å². The summed E-state index contributed by atoms with van der Waals surface area (Å²) >= 11 is 0. The van der Waals surface area contributed by atoms with Crippen LogP contribution in [0.4, 0.5) is 0 Å². The lowest BCUT2D eigenvalue weighted by Gasteiger charge is -2.60. The van der Waals surface area contributed by atoms with Crippen LogP contribution < -0.4 is 18.6 Å². The predicted octanol–water partition coefficient (Wildman–Crippen LogP) is -4.06. The SMILES string of the molecule is [O-][Cl+3]([O-])([O-])[O-].c1ccc(C[N+]23CN4CN(CN(C4)C2)C3)cc1. The van der Waals surface area contributed by atoms with E-state index in [9.17, 15) is 0 Å². The first-order valence-corrected chi connectivity index (χ1v) is 8.23. The number of nitrogens with zero attached hydrogens (tertiary/aromatic N) is 4. The number of halogens is 1. The molecule has 1 aromatic carbocycles. The molecule has 4 aliphatic rings. The van der Waals surface area contributed by atoms with Crippen molar-refractivity contribution in [1.29, 1.82) is 0 Å². The Bertz CT molecular complexity index is 469. The lowest BCUT2D eigenvalue weighted by Crippen LogP contribution is -2.78. The molecule has 0 aromatic heterocycles. The lowest BCUT2D eigenvalue weighted by atomic mass is 10.1. The Morgan fingerprint density at radius 2 is 1.23 bits per heavy atom. The molecule has 0 aliphatic carbocycles. The summed E-state index contributed by atoms with van der Waals surface area (Å²) in [7, 11) is -4.94. The molecule has 22 heavy (non-hydrogen) atoms. The molecule has 4 fully saturated rings. The zero-order valence-corrected chi connectivity index (χ0v) is 12.9. The first-order valence-electron chi connectivity index (χ1n) is 6.99. The van der Waals surface area contributed by atoms with Gasteiger partial charge in [-0.3, -0.25) is 4.48 Å². The molecule has 0 amide bonds. The molecule has 9 heteroatoms. The Morgan fingerprint density at radius 1 is 0.818 bits per heavy atom. The van der Waals surface area contributed by atoms with Gasteiger partial charge in [-0.15, -0.1) is 10.2 Å². The van der Waals surface area contributed by atoms with E-state index in [4.69, 9.17) is 18.6 Å². The second-order valence-corrected chi connectivity index (χ2v) is 6.98. The highest BCUT2D eigenvalue weighted by Gasteiger charge is 2.48. The van der Waals surface area contributed by atoms with Crippen LogP contribution in [0.15, 0.2) is 30.3 Å². The smallest absolute Gasteiger partial charge is 0.139 e. The van der Waals surface area contributed by atoms with Crippen molar-refractivity contribution >= 4 is 0 Å². The van der Waals surface area contributed by atoms with Gasteiger partial charge in [0.25, 0.3) is 0 Å². The minimum Gasteiger partial charge on any atom is -0.282 e. The van der Waals surface area contributed by atoms with E-state index in [0.29, 0.717) is 0 Å². The largest absolute Gasteiger partial charge is 0.282 e. The molecule has 0 radical (unpaired) electrons. The molecule has 4 heterocycles. The molecule has 4 saturated heterocycles. The molecular formula is C13H19ClN4O4. The molecular weight excluding hydrogens is 312 g/mol. The second-order valence-electron chi connectivity index (χ2n) is 6.22. The number of hydrogen-bond donors (Lipinski definition) is 0. The van der Waals surface area contributed by atoms with Crippen molar-refractivity contribution in [2.45, 2.75) is 6.54 Å². The zero-order valence-electron chi connectivity index (χ0n) is 12.1. The van der Waals surface area contributed by atoms with Gasteiger partial charge in [0, 0.05) is 5.56 Å². The van der Waals surface area contributed by atoms with E-state index in [2.05, 4.69) is 45.0 Å². The van der Waals surface area contributed by atoms with Crippen LogP contribution >= 0.6 is 0 Å². The fraction of sp³-hybridized carbons (Fsp3) is 0.538. The summed E-state index contributed by atoms with van der Waals surface area (Å²) in [4.78, 5) is 7.71. The third-order valence-corrected chi connectivity index (χ3v) is 4.06. The summed E-state index contributed by atoms with van der Waals surface area (Å²) in [5.41, 5.74) is 1.47. The summed E-state index contributed by atoms with van der Waals surface area (Å²) in [6.07, 6.45) is 0. The number of benzene rings is 1. The number of rotatable bonds is 2. The molecule has 122 valence electrons. The van der Waals surface area contributed by atoms with E-state index >= 15 is 0 Å². The van der Waals surface area contributed by atoms with Crippen LogP contribution in [0.1, 0.15) is 5.56 Å². The molecule has 4 aliphatic heterocycles. The van der Waals surface area contributed by atoms with Crippen LogP contribution in [0.25, 0.3) is 0 Å². The third-order valence-electron chi connectivity index (χ3n) is 4.06.